The van der Waals surface area contributed by atoms with Crippen molar-refractivity contribution in [1.29, 1.82) is 0 Å². The maximum absolute atomic E-state index is 14.4. The predicted molar refractivity (Wildman–Crippen MR) is 156 cm³/mol. The van der Waals surface area contributed by atoms with Gasteiger partial charge in [0.15, 0.2) is 0 Å². The number of carbonyl (C=O) groups excluding carboxylic acids is 1. The number of carbonyl (C=O) groups is 1. The molecule has 1 fully saturated rings. The molecule has 0 radical (unpaired) electrons. The zero-order valence-electron chi connectivity index (χ0n) is 23.2. The molecule has 4 heterocycles. The van der Waals surface area contributed by atoms with Crippen LogP contribution in [0.15, 0.2) is 77.9 Å². The Hall–Kier alpha value is -5.46. The Morgan fingerprint density at radius 1 is 1.07 bits per heavy atom. The number of nitrogen functional groups attached to an aromatic ring is 1. The number of pyridine rings is 1. The summed E-state index contributed by atoms with van der Waals surface area (Å²) < 4.78 is 33.8. The quantitative estimate of drug-likeness (QED) is 0.289. The van der Waals surface area contributed by atoms with Crippen molar-refractivity contribution in [1.82, 2.24) is 29.4 Å². The summed E-state index contributed by atoms with van der Waals surface area (Å²) in [4.78, 5) is 45.6. The number of hydrogen-bond donors (Lipinski definition) is 2. The van der Waals surface area contributed by atoms with Crippen LogP contribution in [0, 0.1) is 0 Å². The van der Waals surface area contributed by atoms with Crippen LogP contribution in [0.5, 0.6) is 5.88 Å². The third kappa shape index (κ3) is 5.20. The number of nitrogens with zero attached hydrogens (tertiary/aromatic N) is 6. The summed E-state index contributed by atoms with van der Waals surface area (Å²) in [7, 11) is 1.52. The molecule has 1 unspecified atom stereocenters. The molecule has 0 bridgehead atoms. The minimum Gasteiger partial charge on any atom is -0.481 e. The highest BCUT2D eigenvalue weighted by atomic mass is 19.3. The molecule has 11 nitrogen and oxygen atoms in total. The van der Waals surface area contributed by atoms with Crippen LogP contribution in [0.3, 0.4) is 0 Å². The van der Waals surface area contributed by atoms with Gasteiger partial charge in [-0.2, -0.15) is 4.98 Å². The minimum atomic E-state index is -2.94. The van der Waals surface area contributed by atoms with Crippen LogP contribution in [-0.4, -0.2) is 61.4 Å². The fourth-order valence-corrected chi connectivity index (χ4v) is 5.05. The number of rotatable bonds is 7. The summed E-state index contributed by atoms with van der Waals surface area (Å²) in [6, 6.07) is 17.2. The first-order valence-electron chi connectivity index (χ1n) is 13.3. The molecule has 1 aliphatic heterocycles. The van der Waals surface area contributed by atoms with Crippen LogP contribution in [0.2, 0.25) is 0 Å². The normalized spacial score (nSPS) is 14.7. The van der Waals surface area contributed by atoms with Crippen molar-refractivity contribution in [3.05, 3.63) is 94.8 Å². The first-order chi connectivity index (χ1) is 20.6. The number of para-hydroxylation sites is 1. The van der Waals surface area contributed by atoms with Crippen molar-refractivity contribution < 1.29 is 18.3 Å². The highest BCUT2D eigenvalue weighted by molar-refractivity contribution is 5.99. The molecule has 43 heavy (non-hydrogen) atoms. The molecule has 0 saturated carbocycles. The highest BCUT2D eigenvalue weighted by Gasteiger charge is 2.47. The van der Waals surface area contributed by atoms with Crippen LogP contribution in [0.4, 0.5) is 20.5 Å². The topological polar surface area (TPSA) is 141 Å². The van der Waals surface area contributed by atoms with E-state index in [1.807, 2.05) is 12.1 Å². The lowest BCUT2D eigenvalue weighted by atomic mass is 10.0. The smallest absolute Gasteiger partial charge is 0.282 e. The number of amides is 1. The molecule has 0 aliphatic carbocycles. The molecule has 6 rings (SSSR count). The van der Waals surface area contributed by atoms with Crippen LogP contribution >= 0.6 is 0 Å². The average Bonchev–Trinajstić information content (AvgIpc) is 2.99. The molecule has 13 heteroatoms. The number of fused-ring (bicyclic) bond motifs is 1. The second-order valence-corrected chi connectivity index (χ2v) is 10.1. The third-order valence-electron chi connectivity index (χ3n) is 7.10. The first kappa shape index (κ1) is 27.7. The van der Waals surface area contributed by atoms with Crippen LogP contribution in [0.25, 0.3) is 27.7 Å². The van der Waals surface area contributed by atoms with Gasteiger partial charge in [0, 0.05) is 18.5 Å². The zero-order valence-corrected chi connectivity index (χ0v) is 23.2. The van der Waals surface area contributed by atoms with Gasteiger partial charge in [-0.3, -0.25) is 14.2 Å². The van der Waals surface area contributed by atoms with E-state index in [4.69, 9.17) is 15.5 Å². The summed E-state index contributed by atoms with van der Waals surface area (Å²) >= 11 is 0. The SMILES string of the molecule is COc1cc(-c2cccc3nc(C(C)Nc4nc(N)ncc4C(=O)N4CC(F)(F)C4)n(-c4ccccc4)c(=O)c23)ccn1. The lowest BCUT2D eigenvalue weighted by molar-refractivity contribution is -0.113. The lowest BCUT2D eigenvalue weighted by Gasteiger charge is -2.38. The summed E-state index contributed by atoms with van der Waals surface area (Å²) in [5.74, 6) is -2.97. The molecule has 3 N–H and O–H groups in total. The number of halogens is 2. The van der Waals surface area contributed by atoms with Gasteiger partial charge in [0.25, 0.3) is 17.4 Å². The number of benzene rings is 2. The lowest BCUT2D eigenvalue weighted by Crippen LogP contribution is -2.58. The number of ether oxygens (including phenoxy) is 1. The van der Waals surface area contributed by atoms with E-state index in [9.17, 15) is 18.4 Å². The number of alkyl halides is 2. The first-order valence-corrected chi connectivity index (χ1v) is 13.3. The van der Waals surface area contributed by atoms with E-state index >= 15 is 0 Å². The number of nitrogens with two attached hydrogens (primary N) is 1. The molecular weight excluding hydrogens is 558 g/mol. The van der Waals surface area contributed by atoms with Gasteiger partial charge >= 0.3 is 0 Å². The van der Waals surface area contributed by atoms with Gasteiger partial charge < -0.3 is 20.7 Å². The van der Waals surface area contributed by atoms with E-state index in [-0.39, 0.29) is 22.9 Å². The number of nitrogens with one attached hydrogen (secondary N) is 1. The van der Waals surface area contributed by atoms with E-state index in [0.717, 1.165) is 10.5 Å². The molecule has 1 amide bonds. The molecule has 1 aliphatic rings. The minimum absolute atomic E-state index is 0.0279. The Morgan fingerprint density at radius 2 is 1.84 bits per heavy atom. The van der Waals surface area contributed by atoms with Crippen molar-refractivity contribution in [2.24, 2.45) is 0 Å². The van der Waals surface area contributed by atoms with E-state index in [1.54, 1.807) is 61.7 Å². The fraction of sp³-hybridized carbons (Fsp3) is 0.200. The third-order valence-corrected chi connectivity index (χ3v) is 7.10. The van der Waals surface area contributed by atoms with Crippen LogP contribution in [0.1, 0.15) is 29.1 Å². The fourth-order valence-electron chi connectivity index (χ4n) is 5.05. The molecule has 1 atom stereocenters. The van der Waals surface area contributed by atoms with Gasteiger partial charge in [0.1, 0.15) is 17.2 Å². The van der Waals surface area contributed by atoms with Gasteiger partial charge in [-0.25, -0.2) is 23.7 Å². The van der Waals surface area contributed by atoms with Gasteiger partial charge in [-0.05, 0) is 42.3 Å². The van der Waals surface area contributed by atoms with Crippen molar-refractivity contribution in [2.75, 3.05) is 31.2 Å². The van der Waals surface area contributed by atoms with Gasteiger partial charge in [0.05, 0.1) is 42.8 Å². The van der Waals surface area contributed by atoms with Crippen molar-refractivity contribution in [3.63, 3.8) is 0 Å². The van der Waals surface area contributed by atoms with Gasteiger partial charge in [0.2, 0.25) is 11.8 Å². The van der Waals surface area contributed by atoms with E-state index < -0.39 is 31.0 Å². The number of hydrogen-bond acceptors (Lipinski definition) is 9. The Morgan fingerprint density at radius 3 is 2.56 bits per heavy atom. The van der Waals surface area contributed by atoms with Gasteiger partial charge in [-0.15, -0.1) is 0 Å². The van der Waals surface area contributed by atoms with E-state index in [2.05, 4.69) is 20.3 Å². The Balaban J connectivity index is 1.48. The molecule has 3 aromatic heterocycles. The molecule has 1 saturated heterocycles. The van der Waals surface area contributed by atoms with Crippen molar-refractivity contribution in [2.45, 2.75) is 18.9 Å². The van der Waals surface area contributed by atoms with E-state index in [1.165, 1.54) is 17.9 Å². The highest BCUT2D eigenvalue weighted by Crippen LogP contribution is 2.32. The predicted octanol–water partition coefficient (Wildman–Crippen LogP) is 4.09. The summed E-state index contributed by atoms with van der Waals surface area (Å²) in [5.41, 5.74) is 7.85. The molecule has 2 aromatic carbocycles. The largest absolute Gasteiger partial charge is 0.481 e. The average molecular weight is 585 g/mol. The Bertz CT molecular complexity index is 1910. The zero-order chi connectivity index (χ0) is 30.3. The molecular formula is C30H26F2N8O3. The number of methoxy groups -OCH3 is 1. The van der Waals surface area contributed by atoms with Crippen molar-refractivity contribution >= 4 is 28.6 Å². The van der Waals surface area contributed by atoms with Gasteiger partial charge in [-0.1, -0.05) is 30.3 Å². The summed E-state index contributed by atoms with van der Waals surface area (Å²) in [6.07, 6.45) is 2.80. The van der Waals surface area contributed by atoms with Crippen LogP contribution < -0.4 is 21.3 Å². The molecule has 218 valence electrons. The van der Waals surface area contributed by atoms with E-state index in [0.29, 0.717) is 33.9 Å². The summed E-state index contributed by atoms with van der Waals surface area (Å²) in [5, 5.41) is 3.51. The molecule has 5 aromatic rings. The maximum atomic E-state index is 14.4. The maximum Gasteiger partial charge on any atom is 0.282 e. The van der Waals surface area contributed by atoms with Crippen LogP contribution in [-0.2, 0) is 0 Å². The second-order valence-electron chi connectivity index (χ2n) is 10.1. The number of aromatic nitrogens is 5. The molecule has 0 spiro atoms. The Kier molecular flexibility index (Phi) is 6.92. The Labute approximate surface area is 244 Å². The number of anilines is 2. The second kappa shape index (κ2) is 10.7. The van der Waals surface area contributed by atoms with Crippen molar-refractivity contribution in [3.8, 4) is 22.7 Å². The monoisotopic (exact) mass is 584 g/mol. The summed E-state index contributed by atoms with van der Waals surface area (Å²) in [6.45, 7) is 0.350. The standard InChI is InChI=1S/C30H26F2N8O3/c1-17(36-25-21(14-35-29(33)38-25)27(41)39-15-30(31,32)16-39)26-37-22-10-6-9-20(18-11-12-34-23(13-18)43-2)24(22)28(42)40(26)19-7-4-3-5-8-19/h3-14,17H,15-16H2,1-2H3,(H3,33,35,36,38). The number of likely N-dealkylation sites (tertiary alicyclic amines) is 1.